The van der Waals surface area contributed by atoms with Crippen LogP contribution in [0.3, 0.4) is 0 Å². The molecular weight excluding hydrogens is 304 g/mol. The van der Waals surface area contributed by atoms with Gasteiger partial charge in [0.05, 0.1) is 7.11 Å². The molecule has 0 unspecified atom stereocenters. The van der Waals surface area contributed by atoms with E-state index in [9.17, 15) is 9.59 Å². The van der Waals surface area contributed by atoms with Gasteiger partial charge in [-0.3, -0.25) is 0 Å². The molecule has 1 N–H and O–H groups in total. The summed E-state index contributed by atoms with van der Waals surface area (Å²) >= 11 is 16.4. The Morgan fingerprint density at radius 2 is 1.89 bits per heavy atom. The first-order chi connectivity index (χ1) is 8.21. The topological polar surface area (TPSA) is 64.6 Å². The van der Waals surface area contributed by atoms with Gasteiger partial charge in [0, 0.05) is 0 Å². The third kappa shape index (κ3) is 7.13. The van der Waals surface area contributed by atoms with Crippen LogP contribution < -0.4 is 5.32 Å². The van der Waals surface area contributed by atoms with Crippen molar-refractivity contribution < 1.29 is 19.1 Å². The van der Waals surface area contributed by atoms with Crippen molar-refractivity contribution in [2.45, 2.75) is 30.1 Å². The van der Waals surface area contributed by atoms with E-state index in [4.69, 9.17) is 39.5 Å². The second-order valence-electron chi connectivity index (χ2n) is 3.72. The van der Waals surface area contributed by atoms with Crippen molar-refractivity contribution in [2.24, 2.45) is 5.92 Å². The maximum atomic E-state index is 11.8. The normalized spacial score (nSPS) is 14.6. The fourth-order valence-corrected chi connectivity index (χ4v) is 1.26. The predicted octanol–water partition coefficient (Wildman–Crippen LogP) is 2.67. The van der Waals surface area contributed by atoms with Crippen LogP contribution in [0.25, 0.3) is 0 Å². The molecule has 18 heavy (non-hydrogen) atoms. The Morgan fingerprint density at radius 1 is 1.33 bits per heavy atom. The number of rotatable bonds is 5. The number of alkyl halides is 3. The number of methoxy groups -OCH3 is 1. The number of nitrogens with one attached hydrogen (secondary N) is 1. The molecule has 0 spiro atoms. The number of alkyl carbamates (subject to hydrolysis) is 1. The van der Waals surface area contributed by atoms with Gasteiger partial charge < -0.3 is 14.8 Å². The molecule has 2 atom stereocenters. The number of carbonyl (C=O) groups is 2. The molecule has 0 bridgehead atoms. The summed E-state index contributed by atoms with van der Waals surface area (Å²) in [5.74, 6) is -0.798. The summed E-state index contributed by atoms with van der Waals surface area (Å²) in [7, 11) is 1.20. The highest BCUT2D eigenvalue weighted by Gasteiger charge is 2.30. The molecule has 106 valence electrons. The molecule has 0 aliphatic heterocycles. The first kappa shape index (κ1) is 17.6. The van der Waals surface area contributed by atoms with Crippen molar-refractivity contribution in [3.05, 3.63) is 0 Å². The summed E-state index contributed by atoms with van der Waals surface area (Å²) in [5.41, 5.74) is 0. The average Bonchev–Trinajstić information content (AvgIpc) is 2.30. The summed E-state index contributed by atoms with van der Waals surface area (Å²) in [6.45, 7) is 3.28. The lowest BCUT2D eigenvalue weighted by Gasteiger charge is -2.22. The van der Waals surface area contributed by atoms with Gasteiger partial charge in [0.2, 0.25) is 3.79 Å². The number of amides is 1. The number of hydrogen-bond donors (Lipinski definition) is 1. The molecule has 0 aromatic heterocycles. The molecule has 0 fully saturated rings. The standard InChI is InChI=1S/C10H16Cl3NO4/c1-4-6(2)7(14-9(16)17-3)8(15)18-5-10(11,12)13/h6-7H,4-5H2,1-3H3,(H,14,16)/t6-,7-/m0/s1. The van der Waals surface area contributed by atoms with E-state index < -0.39 is 21.9 Å². The number of ether oxygens (including phenoxy) is 2. The Kier molecular flexibility index (Phi) is 7.75. The van der Waals surface area contributed by atoms with Crippen molar-refractivity contribution in [3.8, 4) is 0 Å². The Labute approximate surface area is 121 Å². The monoisotopic (exact) mass is 319 g/mol. The van der Waals surface area contributed by atoms with E-state index in [0.717, 1.165) is 0 Å². The van der Waals surface area contributed by atoms with Crippen LogP contribution in [0.4, 0.5) is 4.79 Å². The fraction of sp³-hybridized carbons (Fsp3) is 0.800. The van der Waals surface area contributed by atoms with Gasteiger partial charge in [-0.2, -0.15) is 0 Å². The van der Waals surface area contributed by atoms with Crippen molar-refractivity contribution in [1.82, 2.24) is 5.32 Å². The summed E-state index contributed by atoms with van der Waals surface area (Å²) in [4.78, 5) is 22.9. The van der Waals surface area contributed by atoms with Gasteiger partial charge in [-0.1, -0.05) is 55.1 Å². The van der Waals surface area contributed by atoms with Gasteiger partial charge in [-0.05, 0) is 5.92 Å². The number of carbonyl (C=O) groups excluding carboxylic acids is 2. The van der Waals surface area contributed by atoms with Gasteiger partial charge in [0.25, 0.3) is 0 Å². The van der Waals surface area contributed by atoms with Crippen LogP contribution in [0, 0.1) is 5.92 Å². The fourth-order valence-electron chi connectivity index (χ4n) is 1.10. The zero-order valence-corrected chi connectivity index (χ0v) is 12.6. The molecule has 1 amide bonds. The van der Waals surface area contributed by atoms with Gasteiger partial charge in [0.1, 0.15) is 12.6 Å². The smallest absolute Gasteiger partial charge is 0.407 e. The van der Waals surface area contributed by atoms with Gasteiger partial charge in [-0.25, -0.2) is 9.59 Å². The third-order valence-electron chi connectivity index (χ3n) is 2.30. The van der Waals surface area contributed by atoms with Crippen LogP contribution in [-0.4, -0.2) is 35.6 Å². The summed E-state index contributed by atoms with van der Waals surface area (Å²) < 4.78 is 7.59. The molecule has 0 saturated heterocycles. The molecule has 0 aromatic rings. The number of esters is 1. The molecule has 0 radical (unpaired) electrons. The lowest BCUT2D eigenvalue weighted by molar-refractivity contribution is -0.147. The Bertz CT molecular complexity index is 293. The minimum atomic E-state index is -1.68. The van der Waals surface area contributed by atoms with E-state index in [-0.39, 0.29) is 12.5 Å². The molecule has 0 saturated carbocycles. The van der Waals surface area contributed by atoms with Crippen molar-refractivity contribution in [2.75, 3.05) is 13.7 Å². The number of hydrogen-bond acceptors (Lipinski definition) is 4. The highest BCUT2D eigenvalue weighted by atomic mass is 35.6. The van der Waals surface area contributed by atoms with Gasteiger partial charge in [-0.15, -0.1) is 0 Å². The molecular formula is C10H16Cl3NO4. The Balaban J connectivity index is 4.55. The maximum Gasteiger partial charge on any atom is 0.407 e. The van der Waals surface area contributed by atoms with Crippen molar-refractivity contribution in [3.63, 3.8) is 0 Å². The molecule has 0 aliphatic carbocycles. The Morgan fingerprint density at radius 3 is 2.28 bits per heavy atom. The van der Waals surface area contributed by atoms with Gasteiger partial charge >= 0.3 is 12.1 Å². The van der Waals surface area contributed by atoms with Crippen LogP contribution in [-0.2, 0) is 14.3 Å². The lowest BCUT2D eigenvalue weighted by atomic mass is 9.99. The molecule has 0 aliphatic rings. The zero-order chi connectivity index (χ0) is 14.3. The van der Waals surface area contributed by atoms with Crippen molar-refractivity contribution >= 4 is 46.9 Å². The molecule has 8 heteroatoms. The van der Waals surface area contributed by atoms with E-state index >= 15 is 0 Å². The second kappa shape index (κ2) is 7.92. The van der Waals surface area contributed by atoms with Crippen LogP contribution in [0.5, 0.6) is 0 Å². The van der Waals surface area contributed by atoms with E-state index in [0.29, 0.717) is 6.42 Å². The first-order valence-electron chi connectivity index (χ1n) is 5.29. The molecule has 0 rings (SSSR count). The molecule has 0 aromatic carbocycles. The van der Waals surface area contributed by atoms with Crippen LogP contribution in [0.15, 0.2) is 0 Å². The second-order valence-corrected chi connectivity index (χ2v) is 6.24. The summed E-state index contributed by atoms with van der Waals surface area (Å²) in [5, 5.41) is 2.39. The summed E-state index contributed by atoms with van der Waals surface area (Å²) in [6.07, 6.45) is -0.0523. The zero-order valence-electron chi connectivity index (χ0n) is 10.3. The number of halogens is 3. The van der Waals surface area contributed by atoms with Crippen molar-refractivity contribution in [1.29, 1.82) is 0 Å². The van der Waals surface area contributed by atoms with Crippen LogP contribution in [0.1, 0.15) is 20.3 Å². The third-order valence-corrected chi connectivity index (χ3v) is 2.63. The van der Waals surface area contributed by atoms with E-state index in [2.05, 4.69) is 10.1 Å². The average molecular weight is 321 g/mol. The van der Waals surface area contributed by atoms with Crippen LogP contribution >= 0.6 is 34.8 Å². The van der Waals surface area contributed by atoms with E-state index in [1.54, 1.807) is 6.92 Å². The SMILES string of the molecule is CC[C@H](C)[C@H](NC(=O)OC)C(=O)OCC(Cl)(Cl)Cl. The minimum absolute atomic E-state index is 0.132. The Hall–Kier alpha value is -0.390. The lowest BCUT2D eigenvalue weighted by Crippen LogP contribution is -2.46. The predicted molar refractivity (Wildman–Crippen MR) is 70.0 cm³/mol. The van der Waals surface area contributed by atoms with Crippen LogP contribution in [0.2, 0.25) is 0 Å². The van der Waals surface area contributed by atoms with E-state index in [1.807, 2.05) is 6.92 Å². The summed E-state index contributed by atoms with van der Waals surface area (Å²) in [6, 6.07) is -0.838. The largest absolute Gasteiger partial charge is 0.460 e. The quantitative estimate of drug-likeness (QED) is 0.625. The van der Waals surface area contributed by atoms with E-state index in [1.165, 1.54) is 7.11 Å². The molecule has 0 heterocycles. The highest BCUT2D eigenvalue weighted by molar-refractivity contribution is 6.67. The maximum absolute atomic E-state index is 11.8. The highest BCUT2D eigenvalue weighted by Crippen LogP contribution is 2.26. The first-order valence-corrected chi connectivity index (χ1v) is 6.42. The molecule has 5 nitrogen and oxygen atoms in total. The minimum Gasteiger partial charge on any atom is -0.460 e. The van der Waals surface area contributed by atoms with Gasteiger partial charge in [0.15, 0.2) is 0 Å².